The zero-order chi connectivity index (χ0) is 15.4. The lowest BCUT2D eigenvalue weighted by molar-refractivity contribution is -0.111. The summed E-state index contributed by atoms with van der Waals surface area (Å²) in [5.41, 5.74) is 1.10. The van der Waals surface area contributed by atoms with E-state index in [9.17, 15) is 0 Å². The number of piperidine rings is 1. The summed E-state index contributed by atoms with van der Waals surface area (Å²) in [5.74, 6) is 0. The molecule has 1 unspecified atom stereocenters. The van der Waals surface area contributed by atoms with E-state index in [1.54, 1.807) is 0 Å². The molecule has 2 fully saturated rings. The maximum atomic E-state index is 6.40. The minimum Gasteiger partial charge on any atom is -0.363 e. The van der Waals surface area contributed by atoms with Crippen molar-refractivity contribution in [3.8, 4) is 0 Å². The van der Waals surface area contributed by atoms with Crippen LogP contribution in [0.2, 0.25) is 10.0 Å². The van der Waals surface area contributed by atoms with Crippen LogP contribution in [0.15, 0.2) is 18.2 Å². The molecule has 2 heterocycles. The van der Waals surface area contributed by atoms with Crippen molar-refractivity contribution < 1.29 is 4.74 Å². The van der Waals surface area contributed by atoms with Crippen LogP contribution in [0.3, 0.4) is 0 Å². The second-order valence-corrected chi connectivity index (χ2v) is 6.97. The number of nitrogens with zero attached hydrogens (tertiary/aromatic N) is 1. The number of rotatable bonds is 4. The van der Waals surface area contributed by atoms with Crippen LogP contribution < -0.4 is 5.32 Å². The smallest absolute Gasteiger partial charge is 0.111 e. The van der Waals surface area contributed by atoms with Crippen LogP contribution in [-0.4, -0.2) is 36.9 Å². The molecular weight excluding hydrogens is 319 g/mol. The molecule has 5 heteroatoms. The molecule has 1 atom stereocenters. The molecule has 2 aliphatic heterocycles. The molecule has 3 rings (SSSR count). The molecule has 2 saturated heterocycles. The van der Waals surface area contributed by atoms with Gasteiger partial charge in [0, 0.05) is 19.2 Å². The Labute approximate surface area is 142 Å². The van der Waals surface area contributed by atoms with Gasteiger partial charge < -0.3 is 10.1 Å². The van der Waals surface area contributed by atoms with E-state index in [-0.39, 0.29) is 6.23 Å². The Hall–Kier alpha value is -0.320. The minimum absolute atomic E-state index is 0.215. The second-order valence-electron chi connectivity index (χ2n) is 6.19. The third-order valence-electron chi connectivity index (χ3n) is 4.69. The number of hydrogen-bond acceptors (Lipinski definition) is 3. The standard InChI is InChI=1S/C17H24Cl2N2O/c18-15-5-3-4-13(17(15)19)12-21(14-7-9-20-10-8-14)16-6-1-2-11-22-16/h3-5,14,16,20H,1-2,6-12H2. The SMILES string of the molecule is Clc1cccc(CN(C2CCNCC2)C2CCCCO2)c1Cl. The first kappa shape index (κ1) is 16.5. The van der Waals surface area contributed by atoms with Gasteiger partial charge in [0.15, 0.2) is 0 Å². The fourth-order valence-corrected chi connectivity index (χ4v) is 3.84. The van der Waals surface area contributed by atoms with Crippen LogP contribution in [-0.2, 0) is 11.3 Å². The molecule has 0 aromatic heterocycles. The number of hydrogen-bond donors (Lipinski definition) is 1. The van der Waals surface area contributed by atoms with Gasteiger partial charge in [0.1, 0.15) is 6.23 Å². The van der Waals surface area contributed by atoms with Gasteiger partial charge in [-0.05, 0) is 56.8 Å². The van der Waals surface area contributed by atoms with Crippen molar-refractivity contribution in [3.05, 3.63) is 33.8 Å². The normalized spacial score (nSPS) is 23.9. The zero-order valence-corrected chi connectivity index (χ0v) is 14.4. The Morgan fingerprint density at radius 1 is 1.14 bits per heavy atom. The molecule has 1 aromatic rings. The highest BCUT2D eigenvalue weighted by Crippen LogP contribution is 2.30. The largest absolute Gasteiger partial charge is 0.363 e. The Kier molecular flexibility index (Phi) is 6.00. The van der Waals surface area contributed by atoms with E-state index in [0.717, 1.165) is 51.1 Å². The monoisotopic (exact) mass is 342 g/mol. The summed E-state index contributed by atoms with van der Waals surface area (Å²) in [6.45, 7) is 3.85. The highest BCUT2D eigenvalue weighted by molar-refractivity contribution is 6.42. The van der Waals surface area contributed by atoms with Gasteiger partial charge in [-0.3, -0.25) is 4.90 Å². The molecule has 3 nitrogen and oxygen atoms in total. The number of ether oxygens (including phenoxy) is 1. The topological polar surface area (TPSA) is 24.5 Å². The van der Waals surface area contributed by atoms with Crippen LogP contribution in [0.25, 0.3) is 0 Å². The van der Waals surface area contributed by atoms with Crippen molar-refractivity contribution in [1.29, 1.82) is 0 Å². The zero-order valence-electron chi connectivity index (χ0n) is 12.9. The average molecular weight is 343 g/mol. The predicted octanol–water partition coefficient (Wildman–Crippen LogP) is 4.07. The lowest BCUT2D eigenvalue weighted by Crippen LogP contribution is -2.49. The Morgan fingerprint density at radius 3 is 2.68 bits per heavy atom. The first-order valence-electron chi connectivity index (χ1n) is 8.26. The third kappa shape index (κ3) is 3.95. The first-order chi connectivity index (χ1) is 10.8. The van der Waals surface area contributed by atoms with Gasteiger partial charge in [-0.15, -0.1) is 0 Å². The van der Waals surface area contributed by atoms with Crippen LogP contribution >= 0.6 is 23.2 Å². The first-order valence-corrected chi connectivity index (χ1v) is 9.02. The van der Waals surface area contributed by atoms with E-state index in [1.165, 1.54) is 12.8 Å². The third-order valence-corrected chi connectivity index (χ3v) is 5.55. The maximum absolute atomic E-state index is 6.40. The van der Waals surface area contributed by atoms with Crippen molar-refractivity contribution >= 4 is 23.2 Å². The molecule has 22 heavy (non-hydrogen) atoms. The van der Waals surface area contributed by atoms with E-state index in [0.29, 0.717) is 16.1 Å². The summed E-state index contributed by atoms with van der Waals surface area (Å²) >= 11 is 12.6. The van der Waals surface area contributed by atoms with Crippen molar-refractivity contribution in [2.75, 3.05) is 19.7 Å². The molecule has 0 amide bonds. The molecule has 2 aliphatic rings. The van der Waals surface area contributed by atoms with Crippen LogP contribution in [0.4, 0.5) is 0 Å². The number of nitrogens with one attached hydrogen (secondary N) is 1. The van der Waals surface area contributed by atoms with Crippen molar-refractivity contribution in [1.82, 2.24) is 10.2 Å². The summed E-state index contributed by atoms with van der Waals surface area (Å²) < 4.78 is 6.07. The van der Waals surface area contributed by atoms with Crippen molar-refractivity contribution in [2.45, 2.75) is 50.9 Å². The minimum atomic E-state index is 0.215. The van der Waals surface area contributed by atoms with Gasteiger partial charge >= 0.3 is 0 Å². The van der Waals surface area contributed by atoms with Gasteiger partial charge in [-0.2, -0.15) is 0 Å². The van der Waals surface area contributed by atoms with Crippen LogP contribution in [0, 0.1) is 0 Å². The molecular formula is C17H24Cl2N2O. The van der Waals surface area contributed by atoms with Crippen LogP contribution in [0.5, 0.6) is 0 Å². The van der Waals surface area contributed by atoms with E-state index in [4.69, 9.17) is 27.9 Å². The van der Waals surface area contributed by atoms with Gasteiger partial charge in [0.25, 0.3) is 0 Å². The number of benzene rings is 1. The molecule has 0 radical (unpaired) electrons. The molecule has 122 valence electrons. The Morgan fingerprint density at radius 2 is 1.95 bits per heavy atom. The quantitative estimate of drug-likeness (QED) is 0.892. The van der Waals surface area contributed by atoms with E-state index >= 15 is 0 Å². The van der Waals surface area contributed by atoms with Crippen LogP contribution in [0.1, 0.15) is 37.7 Å². The number of halogens is 2. The molecule has 0 saturated carbocycles. The van der Waals surface area contributed by atoms with Crippen molar-refractivity contribution in [2.24, 2.45) is 0 Å². The summed E-state index contributed by atoms with van der Waals surface area (Å²) in [4.78, 5) is 2.51. The van der Waals surface area contributed by atoms with E-state index in [1.807, 2.05) is 12.1 Å². The Bertz CT molecular complexity index is 468. The lowest BCUT2D eigenvalue weighted by Gasteiger charge is -2.41. The summed E-state index contributed by atoms with van der Waals surface area (Å²) in [6.07, 6.45) is 6.08. The molecule has 1 N–H and O–H groups in total. The van der Waals surface area contributed by atoms with Gasteiger partial charge in [-0.25, -0.2) is 0 Å². The molecule has 0 bridgehead atoms. The fourth-order valence-electron chi connectivity index (χ4n) is 3.46. The summed E-state index contributed by atoms with van der Waals surface area (Å²) in [7, 11) is 0. The molecule has 1 aromatic carbocycles. The highest BCUT2D eigenvalue weighted by atomic mass is 35.5. The molecule has 0 aliphatic carbocycles. The van der Waals surface area contributed by atoms with E-state index < -0.39 is 0 Å². The summed E-state index contributed by atoms with van der Waals surface area (Å²) in [5, 5.41) is 4.76. The maximum Gasteiger partial charge on any atom is 0.111 e. The van der Waals surface area contributed by atoms with Gasteiger partial charge in [0.05, 0.1) is 10.0 Å². The lowest BCUT2D eigenvalue weighted by atomic mass is 10.0. The summed E-state index contributed by atoms with van der Waals surface area (Å²) in [6, 6.07) is 6.45. The van der Waals surface area contributed by atoms with Crippen molar-refractivity contribution in [3.63, 3.8) is 0 Å². The van der Waals surface area contributed by atoms with Gasteiger partial charge in [0.2, 0.25) is 0 Å². The van der Waals surface area contributed by atoms with Gasteiger partial charge in [-0.1, -0.05) is 35.3 Å². The molecule has 0 spiro atoms. The second kappa shape index (κ2) is 7.98. The average Bonchev–Trinajstić information content (AvgIpc) is 2.58. The highest BCUT2D eigenvalue weighted by Gasteiger charge is 2.30. The fraction of sp³-hybridized carbons (Fsp3) is 0.647. The van der Waals surface area contributed by atoms with E-state index in [2.05, 4.69) is 16.3 Å². The predicted molar refractivity (Wildman–Crippen MR) is 91.5 cm³/mol. The Balaban J connectivity index is 1.79.